The van der Waals surface area contributed by atoms with Gasteiger partial charge in [-0.3, -0.25) is 0 Å². The van der Waals surface area contributed by atoms with Gasteiger partial charge in [0.15, 0.2) is 0 Å². The summed E-state index contributed by atoms with van der Waals surface area (Å²) < 4.78 is 5.16. The smallest absolute Gasteiger partial charge is 0.137 e. The van der Waals surface area contributed by atoms with Gasteiger partial charge in [0.05, 0.1) is 12.1 Å². The van der Waals surface area contributed by atoms with Gasteiger partial charge in [-0.1, -0.05) is 36.4 Å². The Labute approximate surface area is 123 Å². The molecule has 0 aliphatic rings. The Kier molecular flexibility index (Phi) is 4.07. The predicted molar refractivity (Wildman–Crippen MR) is 84.0 cm³/mol. The van der Waals surface area contributed by atoms with E-state index in [0.29, 0.717) is 6.61 Å². The SMILES string of the molecule is COCc1cccc(CNc2ncnc3ccccc23)c1. The van der Waals surface area contributed by atoms with Gasteiger partial charge in [-0.2, -0.15) is 0 Å². The minimum Gasteiger partial charge on any atom is -0.380 e. The van der Waals surface area contributed by atoms with Crippen molar-refractivity contribution in [1.29, 1.82) is 0 Å². The predicted octanol–water partition coefficient (Wildman–Crippen LogP) is 3.39. The van der Waals surface area contributed by atoms with E-state index in [0.717, 1.165) is 23.3 Å². The van der Waals surface area contributed by atoms with Gasteiger partial charge in [0.2, 0.25) is 0 Å². The van der Waals surface area contributed by atoms with Crippen molar-refractivity contribution in [2.75, 3.05) is 12.4 Å². The van der Waals surface area contributed by atoms with Gasteiger partial charge >= 0.3 is 0 Å². The standard InChI is InChI=1S/C17H17N3O/c1-21-11-14-6-4-5-13(9-14)10-18-17-15-7-2-3-8-16(15)19-12-20-17/h2-9,12H,10-11H2,1H3,(H,18,19,20). The number of benzene rings is 2. The summed E-state index contributed by atoms with van der Waals surface area (Å²) in [7, 11) is 1.71. The molecule has 0 unspecified atom stereocenters. The van der Waals surface area contributed by atoms with Gasteiger partial charge in [-0.05, 0) is 23.3 Å². The molecule has 2 aromatic carbocycles. The van der Waals surface area contributed by atoms with E-state index < -0.39 is 0 Å². The third kappa shape index (κ3) is 3.17. The summed E-state index contributed by atoms with van der Waals surface area (Å²) in [5.74, 6) is 0.859. The quantitative estimate of drug-likeness (QED) is 0.777. The highest BCUT2D eigenvalue weighted by atomic mass is 16.5. The van der Waals surface area contributed by atoms with Crippen LogP contribution in [0.2, 0.25) is 0 Å². The molecule has 0 fully saturated rings. The van der Waals surface area contributed by atoms with E-state index in [1.54, 1.807) is 13.4 Å². The summed E-state index contributed by atoms with van der Waals surface area (Å²) in [6.45, 7) is 1.35. The van der Waals surface area contributed by atoms with Crippen molar-refractivity contribution in [1.82, 2.24) is 9.97 Å². The van der Waals surface area contributed by atoms with Crippen molar-refractivity contribution in [3.05, 3.63) is 66.0 Å². The zero-order valence-corrected chi connectivity index (χ0v) is 11.9. The Balaban J connectivity index is 1.79. The van der Waals surface area contributed by atoms with Crippen LogP contribution in [0, 0.1) is 0 Å². The molecule has 3 aromatic rings. The first-order chi connectivity index (χ1) is 10.4. The molecule has 1 heterocycles. The highest BCUT2D eigenvalue weighted by Gasteiger charge is 2.03. The molecule has 106 valence electrons. The largest absolute Gasteiger partial charge is 0.380 e. The van der Waals surface area contributed by atoms with Crippen LogP contribution < -0.4 is 5.32 Å². The van der Waals surface area contributed by atoms with E-state index >= 15 is 0 Å². The van der Waals surface area contributed by atoms with Crippen LogP contribution in [0.15, 0.2) is 54.9 Å². The van der Waals surface area contributed by atoms with Crippen molar-refractivity contribution in [3.8, 4) is 0 Å². The summed E-state index contributed by atoms with van der Waals surface area (Å²) in [6, 6.07) is 16.3. The molecular weight excluding hydrogens is 262 g/mol. The van der Waals surface area contributed by atoms with Crippen molar-refractivity contribution in [3.63, 3.8) is 0 Å². The van der Waals surface area contributed by atoms with Gasteiger partial charge in [0.1, 0.15) is 12.1 Å². The summed E-state index contributed by atoms with van der Waals surface area (Å²) in [5.41, 5.74) is 3.32. The van der Waals surface area contributed by atoms with E-state index in [4.69, 9.17) is 4.74 Å². The first kappa shape index (κ1) is 13.5. The summed E-state index contributed by atoms with van der Waals surface area (Å²) in [4.78, 5) is 8.60. The highest BCUT2D eigenvalue weighted by Crippen LogP contribution is 2.19. The molecule has 4 heteroatoms. The van der Waals surface area contributed by atoms with Gasteiger partial charge in [-0.15, -0.1) is 0 Å². The Morgan fingerprint density at radius 1 is 1.00 bits per heavy atom. The number of para-hydroxylation sites is 1. The summed E-state index contributed by atoms with van der Waals surface area (Å²) in [5, 5.41) is 4.42. The third-order valence-corrected chi connectivity index (χ3v) is 3.31. The minimum absolute atomic E-state index is 0.629. The molecule has 0 amide bonds. The number of fused-ring (bicyclic) bond motifs is 1. The first-order valence-corrected chi connectivity index (χ1v) is 6.87. The van der Waals surface area contributed by atoms with E-state index in [2.05, 4.69) is 33.5 Å². The summed E-state index contributed by atoms with van der Waals surface area (Å²) >= 11 is 0. The zero-order chi connectivity index (χ0) is 14.5. The van der Waals surface area contributed by atoms with Crippen LogP contribution in [0.3, 0.4) is 0 Å². The molecule has 21 heavy (non-hydrogen) atoms. The lowest BCUT2D eigenvalue weighted by molar-refractivity contribution is 0.185. The molecule has 0 saturated heterocycles. The molecule has 4 nitrogen and oxygen atoms in total. The summed E-state index contributed by atoms with van der Waals surface area (Å²) in [6.07, 6.45) is 1.59. The van der Waals surface area contributed by atoms with Gasteiger partial charge in [0, 0.05) is 19.0 Å². The maximum absolute atomic E-state index is 5.16. The molecule has 3 rings (SSSR count). The number of nitrogens with one attached hydrogen (secondary N) is 1. The fourth-order valence-electron chi connectivity index (χ4n) is 2.33. The second kappa shape index (κ2) is 6.33. The number of anilines is 1. The lowest BCUT2D eigenvalue weighted by atomic mass is 10.1. The molecule has 0 bridgehead atoms. The number of hydrogen-bond donors (Lipinski definition) is 1. The monoisotopic (exact) mass is 279 g/mol. The molecule has 0 spiro atoms. The van der Waals surface area contributed by atoms with E-state index in [-0.39, 0.29) is 0 Å². The molecule has 1 aromatic heterocycles. The average molecular weight is 279 g/mol. The van der Waals surface area contributed by atoms with Crippen molar-refractivity contribution in [2.24, 2.45) is 0 Å². The van der Waals surface area contributed by atoms with Crippen LogP contribution in [0.5, 0.6) is 0 Å². The van der Waals surface area contributed by atoms with Crippen LogP contribution in [0.25, 0.3) is 10.9 Å². The fraction of sp³-hybridized carbons (Fsp3) is 0.176. The molecule has 0 aliphatic carbocycles. The Morgan fingerprint density at radius 2 is 1.86 bits per heavy atom. The molecule has 0 saturated carbocycles. The molecule has 0 atom stereocenters. The van der Waals surface area contributed by atoms with E-state index in [1.165, 1.54) is 11.1 Å². The third-order valence-electron chi connectivity index (χ3n) is 3.31. The minimum atomic E-state index is 0.629. The van der Waals surface area contributed by atoms with Crippen molar-refractivity contribution < 1.29 is 4.74 Å². The van der Waals surface area contributed by atoms with Crippen molar-refractivity contribution in [2.45, 2.75) is 13.2 Å². The molecule has 0 radical (unpaired) electrons. The number of nitrogens with zero attached hydrogens (tertiary/aromatic N) is 2. The topological polar surface area (TPSA) is 47.0 Å². The Bertz CT molecular complexity index is 737. The van der Waals surface area contributed by atoms with Crippen LogP contribution >= 0.6 is 0 Å². The van der Waals surface area contributed by atoms with Crippen LogP contribution in [0.4, 0.5) is 5.82 Å². The normalized spacial score (nSPS) is 10.7. The number of rotatable bonds is 5. The number of hydrogen-bond acceptors (Lipinski definition) is 4. The van der Waals surface area contributed by atoms with E-state index in [1.807, 2.05) is 30.3 Å². The first-order valence-electron chi connectivity index (χ1n) is 6.87. The van der Waals surface area contributed by atoms with Gasteiger partial charge < -0.3 is 10.1 Å². The number of aromatic nitrogens is 2. The average Bonchev–Trinajstić information content (AvgIpc) is 2.53. The maximum Gasteiger partial charge on any atom is 0.137 e. The van der Waals surface area contributed by atoms with Gasteiger partial charge in [-0.25, -0.2) is 9.97 Å². The van der Waals surface area contributed by atoms with Gasteiger partial charge in [0.25, 0.3) is 0 Å². The van der Waals surface area contributed by atoms with Crippen molar-refractivity contribution >= 4 is 16.7 Å². The molecule has 1 N–H and O–H groups in total. The highest BCUT2D eigenvalue weighted by molar-refractivity contribution is 5.88. The second-order valence-corrected chi connectivity index (χ2v) is 4.85. The number of methoxy groups -OCH3 is 1. The fourth-order valence-corrected chi connectivity index (χ4v) is 2.33. The molecule has 0 aliphatic heterocycles. The lowest BCUT2D eigenvalue weighted by Crippen LogP contribution is -2.03. The Hall–Kier alpha value is -2.46. The second-order valence-electron chi connectivity index (χ2n) is 4.85. The maximum atomic E-state index is 5.16. The van der Waals surface area contributed by atoms with Crippen LogP contribution in [-0.4, -0.2) is 17.1 Å². The molecular formula is C17H17N3O. The Morgan fingerprint density at radius 3 is 2.76 bits per heavy atom. The number of ether oxygens (including phenoxy) is 1. The lowest BCUT2D eigenvalue weighted by Gasteiger charge is -2.09. The zero-order valence-electron chi connectivity index (χ0n) is 11.9. The van der Waals surface area contributed by atoms with E-state index in [9.17, 15) is 0 Å². The van der Waals surface area contributed by atoms with Crippen LogP contribution in [-0.2, 0) is 17.9 Å². The van der Waals surface area contributed by atoms with Crippen LogP contribution in [0.1, 0.15) is 11.1 Å².